The molecule has 0 aliphatic heterocycles. The van der Waals surface area contributed by atoms with Crippen LogP contribution in [0.2, 0.25) is 0 Å². The minimum Gasteiger partial charge on any atom is -0.308 e. The Hall–Kier alpha value is -1.98. The lowest BCUT2D eigenvalue weighted by Crippen LogP contribution is -2.11. The van der Waals surface area contributed by atoms with Crippen molar-refractivity contribution >= 4 is 11.3 Å². The van der Waals surface area contributed by atoms with Crippen LogP contribution < -0.4 is 5.32 Å². The van der Waals surface area contributed by atoms with Crippen molar-refractivity contribution in [3.05, 3.63) is 58.7 Å². The van der Waals surface area contributed by atoms with E-state index in [4.69, 9.17) is 0 Å². The molecule has 0 unspecified atom stereocenters. The maximum absolute atomic E-state index is 4.14. The molecule has 96 valence electrons. The van der Waals surface area contributed by atoms with Crippen molar-refractivity contribution in [3.8, 4) is 11.3 Å². The fourth-order valence-electron chi connectivity index (χ4n) is 1.94. The SMILES string of the molecule is c1cncc(-c2[nH]ncc2CNCc2cccs2)c1. The van der Waals surface area contributed by atoms with Crippen molar-refractivity contribution in [1.29, 1.82) is 0 Å². The zero-order chi connectivity index (χ0) is 12.9. The highest BCUT2D eigenvalue weighted by atomic mass is 32.1. The summed E-state index contributed by atoms with van der Waals surface area (Å²) in [5, 5.41) is 12.7. The van der Waals surface area contributed by atoms with Crippen LogP contribution in [0.25, 0.3) is 11.3 Å². The van der Waals surface area contributed by atoms with E-state index in [1.165, 1.54) is 4.88 Å². The highest BCUT2D eigenvalue weighted by Gasteiger charge is 2.07. The molecule has 0 aromatic carbocycles. The Morgan fingerprint density at radius 2 is 2.16 bits per heavy atom. The molecule has 3 rings (SSSR count). The highest BCUT2D eigenvalue weighted by Crippen LogP contribution is 2.19. The number of thiophene rings is 1. The number of nitrogens with zero attached hydrogens (tertiary/aromatic N) is 2. The van der Waals surface area contributed by atoms with Crippen molar-refractivity contribution in [2.75, 3.05) is 0 Å². The molecule has 0 aliphatic carbocycles. The molecule has 0 radical (unpaired) electrons. The van der Waals surface area contributed by atoms with Crippen LogP contribution in [-0.4, -0.2) is 15.2 Å². The van der Waals surface area contributed by atoms with E-state index in [2.05, 4.69) is 38.0 Å². The van der Waals surface area contributed by atoms with Gasteiger partial charge in [0.2, 0.25) is 0 Å². The molecule has 4 nitrogen and oxygen atoms in total. The van der Waals surface area contributed by atoms with Crippen LogP contribution in [-0.2, 0) is 13.1 Å². The fourth-order valence-corrected chi connectivity index (χ4v) is 2.61. The molecule has 0 amide bonds. The predicted molar refractivity (Wildman–Crippen MR) is 76.7 cm³/mol. The zero-order valence-corrected chi connectivity index (χ0v) is 11.2. The Balaban J connectivity index is 1.67. The summed E-state index contributed by atoms with van der Waals surface area (Å²) in [6.07, 6.45) is 5.48. The Morgan fingerprint density at radius 1 is 1.16 bits per heavy atom. The molecule has 0 saturated carbocycles. The molecule has 0 saturated heterocycles. The van der Waals surface area contributed by atoms with Crippen molar-refractivity contribution in [3.63, 3.8) is 0 Å². The molecule has 3 aromatic heterocycles. The number of aromatic nitrogens is 3. The van der Waals surface area contributed by atoms with Crippen LogP contribution in [0.15, 0.2) is 48.2 Å². The van der Waals surface area contributed by atoms with Crippen LogP contribution in [0.5, 0.6) is 0 Å². The van der Waals surface area contributed by atoms with Gasteiger partial charge in [-0.3, -0.25) is 10.1 Å². The van der Waals surface area contributed by atoms with Gasteiger partial charge < -0.3 is 5.32 Å². The lowest BCUT2D eigenvalue weighted by molar-refractivity contribution is 0.702. The first-order valence-electron chi connectivity index (χ1n) is 6.09. The molecular formula is C14H14N4S. The van der Waals surface area contributed by atoms with Gasteiger partial charge in [0.05, 0.1) is 11.9 Å². The van der Waals surface area contributed by atoms with E-state index in [9.17, 15) is 0 Å². The largest absolute Gasteiger partial charge is 0.308 e. The number of hydrogen-bond donors (Lipinski definition) is 2. The number of rotatable bonds is 5. The summed E-state index contributed by atoms with van der Waals surface area (Å²) in [6, 6.07) is 8.16. The van der Waals surface area contributed by atoms with Gasteiger partial charge in [0.1, 0.15) is 0 Å². The molecule has 0 aliphatic rings. The number of hydrogen-bond acceptors (Lipinski definition) is 4. The van der Waals surface area contributed by atoms with Gasteiger partial charge in [0, 0.05) is 41.5 Å². The molecule has 5 heteroatoms. The zero-order valence-electron chi connectivity index (χ0n) is 10.3. The van der Waals surface area contributed by atoms with Gasteiger partial charge in [0.15, 0.2) is 0 Å². The van der Waals surface area contributed by atoms with Gasteiger partial charge in [-0.15, -0.1) is 11.3 Å². The lowest BCUT2D eigenvalue weighted by atomic mass is 10.1. The molecule has 19 heavy (non-hydrogen) atoms. The minimum atomic E-state index is 0.790. The summed E-state index contributed by atoms with van der Waals surface area (Å²) >= 11 is 1.76. The number of nitrogens with one attached hydrogen (secondary N) is 2. The summed E-state index contributed by atoms with van der Waals surface area (Å²) in [7, 11) is 0. The topological polar surface area (TPSA) is 53.6 Å². The van der Waals surface area contributed by atoms with Crippen molar-refractivity contribution < 1.29 is 0 Å². The summed E-state index contributed by atoms with van der Waals surface area (Å²) in [5.41, 5.74) is 3.25. The van der Waals surface area contributed by atoms with E-state index in [1.807, 2.05) is 24.5 Å². The third-order valence-corrected chi connectivity index (χ3v) is 3.74. The molecular weight excluding hydrogens is 256 g/mol. The van der Waals surface area contributed by atoms with Gasteiger partial charge in [-0.05, 0) is 23.6 Å². The van der Waals surface area contributed by atoms with Crippen LogP contribution >= 0.6 is 11.3 Å². The molecule has 3 aromatic rings. The molecule has 0 bridgehead atoms. The van der Waals surface area contributed by atoms with Crippen LogP contribution in [0, 0.1) is 0 Å². The van der Waals surface area contributed by atoms with Gasteiger partial charge in [-0.25, -0.2) is 0 Å². The summed E-state index contributed by atoms with van der Waals surface area (Å²) < 4.78 is 0. The predicted octanol–water partition coefficient (Wildman–Crippen LogP) is 2.82. The third-order valence-electron chi connectivity index (χ3n) is 2.86. The van der Waals surface area contributed by atoms with Gasteiger partial charge >= 0.3 is 0 Å². The van der Waals surface area contributed by atoms with E-state index in [1.54, 1.807) is 17.5 Å². The first kappa shape index (κ1) is 12.1. The van der Waals surface area contributed by atoms with Crippen LogP contribution in [0.1, 0.15) is 10.4 Å². The first-order chi connectivity index (χ1) is 9.43. The Morgan fingerprint density at radius 3 is 2.95 bits per heavy atom. The second kappa shape index (κ2) is 5.77. The van der Waals surface area contributed by atoms with E-state index in [0.717, 1.165) is 29.9 Å². The molecule has 2 N–H and O–H groups in total. The van der Waals surface area contributed by atoms with E-state index in [0.29, 0.717) is 0 Å². The summed E-state index contributed by atoms with van der Waals surface area (Å²) in [4.78, 5) is 5.48. The standard InChI is InChI=1S/C14H14N4S/c1-3-11(7-15-5-1)14-12(9-17-18-14)8-16-10-13-4-2-6-19-13/h1-7,9,16H,8,10H2,(H,17,18). The Labute approximate surface area is 115 Å². The van der Waals surface area contributed by atoms with E-state index < -0.39 is 0 Å². The van der Waals surface area contributed by atoms with Crippen molar-refractivity contribution in [2.45, 2.75) is 13.1 Å². The number of H-pyrrole nitrogens is 1. The van der Waals surface area contributed by atoms with Gasteiger partial charge in [-0.1, -0.05) is 6.07 Å². The minimum absolute atomic E-state index is 0.790. The van der Waals surface area contributed by atoms with E-state index in [-0.39, 0.29) is 0 Å². The molecule has 0 atom stereocenters. The Kier molecular flexibility index (Phi) is 3.67. The molecule has 3 heterocycles. The monoisotopic (exact) mass is 270 g/mol. The normalized spacial score (nSPS) is 10.7. The Bertz CT molecular complexity index is 616. The summed E-state index contributed by atoms with van der Waals surface area (Å²) in [6.45, 7) is 1.67. The van der Waals surface area contributed by atoms with Crippen molar-refractivity contribution in [1.82, 2.24) is 20.5 Å². The maximum Gasteiger partial charge on any atom is 0.0710 e. The summed E-state index contributed by atoms with van der Waals surface area (Å²) in [5.74, 6) is 0. The third kappa shape index (κ3) is 2.89. The second-order valence-electron chi connectivity index (χ2n) is 4.19. The smallest absolute Gasteiger partial charge is 0.0710 e. The number of aromatic amines is 1. The molecule has 0 fully saturated rings. The van der Waals surface area contributed by atoms with Crippen LogP contribution in [0.4, 0.5) is 0 Å². The average molecular weight is 270 g/mol. The van der Waals surface area contributed by atoms with Crippen LogP contribution in [0.3, 0.4) is 0 Å². The molecule has 0 spiro atoms. The highest BCUT2D eigenvalue weighted by molar-refractivity contribution is 7.09. The second-order valence-corrected chi connectivity index (χ2v) is 5.23. The fraction of sp³-hybridized carbons (Fsp3) is 0.143. The number of pyridine rings is 1. The quantitative estimate of drug-likeness (QED) is 0.749. The average Bonchev–Trinajstić information content (AvgIpc) is 3.11. The van der Waals surface area contributed by atoms with Crippen molar-refractivity contribution in [2.24, 2.45) is 0 Å². The maximum atomic E-state index is 4.14. The van der Waals surface area contributed by atoms with E-state index >= 15 is 0 Å². The first-order valence-corrected chi connectivity index (χ1v) is 6.97. The van der Waals surface area contributed by atoms with Gasteiger partial charge in [0.25, 0.3) is 0 Å². The van der Waals surface area contributed by atoms with Gasteiger partial charge in [-0.2, -0.15) is 5.10 Å². The lowest BCUT2D eigenvalue weighted by Gasteiger charge is -2.04.